The van der Waals surface area contributed by atoms with Crippen LogP contribution in [0, 0.1) is 0 Å². The molecule has 0 saturated carbocycles. The fourth-order valence-electron chi connectivity index (χ4n) is 2.15. The van der Waals surface area contributed by atoms with Crippen LogP contribution in [0.15, 0.2) is 18.2 Å². The molecule has 4 heteroatoms. The van der Waals surface area contributed by atoms with E-state index in [0.29, 0.717) is 6.54 Å². The number of rotatable bonds is 6. The fourth-order valence-corrected chi connectivity index (χ4v) is 2.15. The molecule has 0 radical (unpaired) electrons. The van der Waals surface area contributed by atoms with E-state index < -0.39 is 0 Å². The Balaban J connectivity index is 1.82. The second kappa shape index (κ2) is 6.52. The van der Waals surface area contributed by atoms with Gasteiger partial charge in [0.2, 0.25) is 0 Å². The Bertz CT molecular complexity index is 418. The fraction of sp³-hybridized carbons (Fsp3) is 0.500. The third-order valence-electron chi connectivity index (χ3n) is 3.22. The van der Waals surface area contributed by atoms with E-state index in [2.05, 4.69) is 10.6 Å². The van der Waals surface area contributed by atoms with Gasteiger partial charge < -0.3 is 15.7 Å². The Hall–Kier alpha value is -1.39. The van der Waals surface area contributed by atoms with Gasteiger partial charge in [-0.1, -0.05) is 6.07 Å². The molecule has 0 atom stereocenters. The lowest BCUT2D eigenvalue weighted by atomic mass is 10.1. The van der Waals surface area contributed by atoms with Crippen LogP contribution in [0.4, 0.5) is 0 Å². The number of amides is 1. The first kappa shape index (κ1) is 13.1. The Labute approximate surface area is 107 Å². The van der Waals surface area contributed by atoms with Crippen LogP contribution in [0.25, 0.3) is 0 Å². The highest BCUT2D eigenvalue weighted by Gasteiger charge is 2.12. The van der Waals surface area contributed by atoms with Gasteiger partial charge in [0.25, 0.3) is 5.91 Å². The number of carbonyl (C=O) groups excluding carboxylic acids is 1. The van der Waals surface area contributed by atoms with Gasteiger partial charge in [-0.3, -0.25) is 4.79 Å². The van der Waals surface area contributed by atoms with Crippen molar-refractivity contribution in [1.82, 2.24) is 10.6 Å². The number of hydrogen-bond acceptors (Lipinski definition) is 3. The van der Waals surface area contributed by atoms with Crippen LogP contribution in [-0.4, -0.2) is 24.2 Å². The predicted molar refractivity (Wildman–Crippen MR) is 70.3 cm³/mol. The summed E-state index contributed by atoms with van der Waals surface area (Å²) in [5.41, 5.74) is 3.25. The molecule has 4 nitrogen and oxygen atoms in total. The second-order valence-corrected chi connectivity index (χ2v) is 4.63. The average molecular weight is 248 g/mol. The number of aliphatic hydroxyl groups excluding tert-OH is 1. The zero-order valence-corrected chi connectivity index (χ0v) is 10.5. The lowest BCUT2D eigenvalue weighted by Gasteiger charge is -2.06. The zero-order chi connectivity index (χ0) is 12.8. The van der Waals surface area contributed by atoms with Crippen molar-refractivity contribution in [1.29, 1.82) is 0 Å². The topological polar surface area (TPSA) is 61.4 Å². The molecule has 18 heavy (non-hydrogen) atoms. The molecule has 98 valence electrons. The summed E-state index contributed by atoms with van der Waals surface area (Å²) < 4.78 is 0. The Morgan fingerprint density at radius 2 is 2.06 bits per heavy atom. The molecule has 1 aliphatic heterocycles. The number of aliphatic hydroxyl groups is 1. The SMILES string of the molecule is O=C(NCCCCCO)c1ccc2c(c1)CNC2. The summed E-state index contributed by atoms with van der Waals surface area (Å²) in [6.07, 6.45) is 2.67. The Morgan fingerprint density at radius 3 is 2.89 bits per heavy atom. The summed E-state index contributed by atoms with van der Waals surface area (Å²) in [7, 11) is 0. The van der Waals surface area contributed by atoms with Crippen LogP contribution in [0.5, 0.6) is 0 Å². The molecule has 0 spiro atoms. The third-order valence-corrected chi connectivity index (χ3v) is 3.22. The standard InChI is InChI=1S/C14H20N2O2/c17-7-3-1-2-6-16-14(18)11-4-5-12-9-15-10-13(12)8-11/h4-5,8,15,17H,1-3,6-7,9-10H2,(H,16,18). The maximum Gasteiger partial charge on any atom is 0.251 e. The van der Waals surface area contributed by atoms with Gasteiger partial charge in [0.15, 0.2) is 0 Å². The highest BCUT2D eigenvalue weighted by Crippen LogP contribution is 2.16. The maximum atomic E-state index is 11.9. The molecule has 0 aromatic heterocycles. The molecular weight excluding hydrogens is 228 g/mol. The van der Waals surface area contributed by atoms with E-state index in [1.165, 1.54) is 11.1 Å². The quantitative estimate of drug-likeness (QED) is 0.663. The molecule has 1 aliphatic rings. The van der Waals surface area contributed by atoms with Gasteiger partial charge in [0, 0.05) is 31.8 Å². The molecule has 0 aliphatic carbocycles. The van der Waals surface area contributed by atoms with Crippen molar-refractivity contribution in [3.05, 3.63) is 34.9 Å². The van der Waals surface area contributed by atoms with Gasteiger partial charge in [-0.15, -0.1) is 0 Å². The van der Waals surface area contributed by atoms with Gasteiger partial charge in [-0.05, 0) is 42.5 Å². The van der Waals surface area contributed by atoms with Crippen molar-refractivity contribution in [2.24, 2.45) is 0 Å². The van der Waals surface area contributed by atoms with Crippen molar-refractivity contribution in [3.63, 3.8) is 0 Å². The van der Waals surface area contributed by atoms with Gasteiger partial charge >= 0.3 is 0 Å². The predicted octanol–water partition coefficient (Wildman–Crippen LogP) is 1.18. The van der Waals surface area contributed by atoms with Crippen LogP contribution in [0.3, 0.4) is 0 Å². The van der Waals surface area contributed by atoms with Crippen molar-refractivity contribution >= 4 is 5.91 Å². The average Bonchev–Trinajstić information content (AvgIpc) is 2.85. The smallest absolute Gasteiger partial charge is 0.251 e. The van der Waals surface area contributed by atoms with Gasteiger partial charge in [-0.25, -0.2) is 0 Å². The number of benzene rings is 1. The van der Waals surface area contributed by atoms with Crippen LogP contribution in [-0.2, 0) is 13.1 Å². The second-order valence-electron chi connectivity index (χ2n) is 4.63. The highest BCUT2D eigenvalue weighted by atomic mass is 16.2. The van der Waals surface area contributed by atoms with Gasteiger partial charge in [-0.2, -0.15) is 0 Å². The molecule has 0 fully saturated rings. The molecule has 3 N–H and O–H groups in total. The van der Waals surface area contributed by atoms with Crippen molar-refractivity contribution in [2.75, 3.05) is 13.2 Å². The molecule has 2 rings (SSSR count). The number of hydrogen-bond donors (Lipinski definition) is 3. The summed E-state index contributed by atoms with van der Waals surface area (Å²) in [5.74, 6) is -0.00583. The van der Waals surface area contributed by atoms with Gasteiger partial charge in [0.05, 0.1) is 0 Å². The number of nitrogens with one attached hydrogen (secondary N) is 2. The minimum atomic E-state index is -0.00583. The molecule has 1 heterocycles. The zero-order valence-electron chi connectivity index (χ0n) is 10.5. The third kappa shape index (κ3) is 3.31. The lowest BCUT2D eigenvalue weighted by Crippen LogP contribution is -2.24. The summed E-state index contributed by atoms with van der Waals surface area (Å²) in [6, 6.07) is 5.88. The van der Waals surface area contributed by atoms with E-state index in [4.69, 9.17) is 5.11 Å². The molecule has 1 amide bonds. The van der Waals surface area contributed by atoms with Crippen molar-refractivity contribution < 1.29 is 9.90 Å². The summed E-state index contributed by atoms with van der Waals surface area (Å²) >= 11 is 0. The number of fused-ring (bicyclic) bond motifs is 1. The van der Waals surface area contributed by atoms with Crippen LogP contribution in [0.1, 0.15) is 40.7 Å². The van der Waals surface area contributed by atoms with E-state index in [1.807, 2.05) is 18.2 Å². The first-order valence-electron chi connectivity index (χ1n) is 6.53. The number of carbonyl (C=O) groups is 1. The largest absolute Gasteiger partial charge is 0.396 e. The van der Waals surface area contributed by atoms with E-state index in [-0.39, 0.29) is 12.5 Å². The molecule has 0 unspecified atom stereocenters. The van der Waals surface area contributed by atoms with Gasteiger partial charge in [0.1, 0.15) is 0 Å². The molecular formula is C14H20N2O2. The van der Waals surface area contributed by atoms with Crippen molar-refractivity contribution in [3.8, 4) is 0 Å². The summed E-state index contributed by atoms with van der Waals surface area (Å²) in [5, 5.41) is 14.8. The summed E-state index contributed by atoms with van der Waals surface area (Å²) in [6.45, 7) is 2.66. The maximum absolute atomic E-state index is 11.9. The number of unbranched alkanes of at least 4 members (excludes halogenated alkanes) is 2. The normalized spacial score (nSPS) is 13.4. The molecule has 1 aromatic carbocycles. The minimum absolute atomic E-state index is 0.00583. The Morgan fingerprint density at radius 1 is 1.22 bits per heavy atom. The first-order chi connectivity index (χ1) is 8.81. The summed E-state index contributed by atoms with van der Waals surface area (Å²) in [4.78, 5) is 11.9. The van der Waals surface area contributed by atoms with E-state index in [1.54, 1.807) is 0 Å². The van der Waals surface area contributed by atoms with E-state index >= 15 is 0 Å². The first-order valence-corrected chi connectivity index (χ1v) is 6.53. The molecule has 0 saturated heterocycles. The van der Waals surface area contributed by atoms with E-state index in [0.717, 1.165) is 37.9 Å². The molecule has 0 bridgehead atoms. The monoisotopic (exact) mass is 248 g/mol. The lowest BCUT2D eigenvalue weighted by molar-refractivity contribution is 0.0953. The van der Waals surface area contributed by atoms with Crippen LogP contribution >= 0.6 is 0 Å². The highest BCUT2D eigenvalue weighted by molar-refractivity contribution is 5.94. The van der Waals surface area contributed by atoms with Crippen LogP contribution < -0.4 is 10.6 Å². The Kier molecular flexibility index (Phi) is 4.73. The molecule has 1 aromatic rings. The van der Waals surface area contributed by atoms with Crippen molar-refractivity contribution in [2.45, 2.75) is 32.4 Å². The van der Waals surface area contributed by atoms with E-state index in [9.17, 15) is 4.79 Å². The minimum Gasteiger partial charge on any atom is -0.396 e. The van der Waals surface area contributed by atoms with Crippen LogP contribution in [0.2, 0.25) is 0 Å².